The van der Waals surface area contributed by atoms with Crippen LogP contribution in [0.5, 0.6) is 0 Å². The predicted octanol–water partition coefficient (Wildman–Crippen LogP) is 2.72. The van der Waals surface area contributed by atoms with Crippen molar-refractivity contribution in [1.82, 2.24) is 34.1 Å². The van der Waals surface area contributed by atoms with Crippen LogP contribution in [0.25, 0.3) is 16.8 Å². The van der Waals surface area contributed by atoms with E-state index in [-0.39, 0.29) is 17.1 Å². The Labute approximate surface area is 182 Å². The van der Waals surface area contributed by atoms with Gasteiger partial charge in [0.2, 0.25) is 5.95 Å². The van der Waals surface area contributed by atoms with E-state index in [1.165, 1.54) is 6.33 Å². The third-order valence-corrected chi connectivity index (χ3v) is 7.93. The van der Waals surface area contributed by atoms with Gasteiger partial charge in [-0.05, 0) is 62.0 Å². The van der Waals surface area contributed by atoms with Gasteiger partial charge in [-0.15, -0.1) is 0 Å². The Kier molecular flexibility index (Phi) is 3.32. The number of nitrogens with zero attached hydrogens (tertiary/aromatic N) is 7. The monoisotopic (exact) mass is 427 g/mol. The average Bonchev–Trinajstić information content (AvgIpc) is 3.48. The van der Waals surface area contributed by atoms with E-state index in [0.29, 0.717) is 34.9 Å². The van der Waals surface area contributed by atoms with Gasteiger partial charge in [0.05, 0.1) is 29.6 Å². The van der Waals surface area contributed by atoms with Gasteiger partial charge in [0.15, 0.2) is 11.3 Å². The van der Waals surface area contributed by atoms with Crippen LogP contribution in [0.3, 0.4) is 0 Å². The van der Waals surface area contributed by atoms with E-state index in [9.17, 15) is 10.1 Å². The Balaban J connectivity index is 1.30. The molecule has 8 rings (SSSR count). The first-order valence-corrected chi connectivity index (χ1v) is 11.0. The third-order valence-electron chi connectivity index (χ3n) is 7.93. The van der Waals surface area contributed by atoms with E-state index in [0.717, 1.165) is 42.6 Å². The summed E-state index contributed by atoms with van der Waals surface area (Å²) < 4.78 is 3.54. The van der Waals surface area contributed by atoms with Crippen molar-refractivity contribution >= 4 is 28.4 Å². The van der Waals surface area contributed by atoms with Crippen molar-refractivity contribution in [3.63, 3.8) is 0 Å². The number of hydrogen-bond acceptors (Lipinski definition) is 7. The zero-order chi connectivity index (χ0) is 21.6. The zero-order valence-electron chi connectivity index (χ0n) is 17.5. The smallest absolute Gasteiger partial charge is 0.323 e. The number of aryl methyl sites for hydroxylation is 1. The van der Waals surface area contributed by atoms with Crippen LogP contribution < -0.4 is 11.0 Å². The standard InChI is InChI=1S/C22H21N9O/c1-11-2-17-25-10-26-30(17)8-16(11)27-20-24-7-15-19(29-20)31(21(32)28-15)18-13-3-12-4-22(5-13,9-23)6-14(12)18/h2,7-8,10,12-14,18H,3-6H2,1H3,(H,28,32)(H,24,27,29). The van der Waals surface area contributed by atoms with Crippen LogP contribution in [-0.2, 0) is 0 Å². The molecule has 4 aromatic heterocycles. The summed E-state index contributed by atoms with van der Waals surface area (Å²) in [6.45, 7) is 1.98. The lowest BCUT2D eigenvalue weighted by Crippen LogP contribution is -2.36. The van der Waals surface area contributed by atoms with Crippen LogP contribution in [0.1, 0.15) is 37.3 Å². The fourth-order valence-corrected chi connectivity index (χ4v) is 6.76. The first kappa shape index (κ1) is 17.9. The number of imidazole rings is 1. The van der Waals surface area contributed by atoms with E-state index < -0.39 is 0 Å². The molecule has 4 heterocycles. The SMILES string of the molecule is Cc1cc2ncnn2cc1Nc1ncc2[nH]c(=O)n(C3C4CC5CC(C#N)(C4)CC53)c2n1. The van der Waals surface area contributed by atoms with Crippen molar-refractivity contribution in [2.75, 3.05) is 5.32 Å². The highest BCUT2D eigenvalue weighted by Crippen LogP contribution is 2.67. The number of fused-ring (bicyclic) bond motifs is 2. The molecule has 4 aliphatic rings. The number of pyridine rings is 1. The molecule has 5 unspecified atom stereocenters. The second-order valence-corrected chi connectivity index (χ2v) is 9.70. The van der Waals surface area contributed by atoms with Crippen LogP contribution in [0.4, 0.5) is 11.6 Å². The molecule has 160 valence electrons. The molecule has 0 aromatic carbocycles. The molecule has 4 bridgehead atoms. The van der Waals surface area contributed by atoms with Gasteiger partial charge in [-0.1, -0.05) is 0 Å². The number of aromatic amines is 1. The lowest BCUT2D eigenvalue weighted by Gasteiger charge is -2.37. The normalized spacial score (nSPS) is 30.4. The van der Waals surface area contributed by atoms with E-state index in [4.69, 9.17) is 4.98 Å². The maximum Gasteiger partial charge on any atom is 0.327 e. The summed E-state index contributed by atoms with van der Waals surface area (Å²) in [7, 11) is 0. The summed E-state index contributed by atoms with van der Waals surface area (Å²) in [5.74, 6) is 1.68. The first-order chi connectivity index (χ1) is 15.5. The van der Waals surface area contributed by atoms with Crippen LogP contribution in [0.2, 0.25) is 0 Å². The molecule has 0 spiro atoms. The van der Waals surface area contributed by atoms with E-state index in [2.05, 4.69) is 31.4 Å². The number of H-pyrrole nitrogens is 1. The number of aromatic nitrogens is 7. The van der Waals surface area contributed by atoms with Gasteiger partial charge in [0, 0.05) is 6.04 Å². The van der Waals surface area contributed by atoms with E-state index in [1.54, 1.807) is 10.7 Å². The first-order valence-electron chi connectivity index (χ1n) is 11.0. The number of hydrogen-bond donors (Lipinski definition) is 2. The van der Waals surface area contributed by atoms with Crippen molar-refractivity contribution in [3.8, 4) is 6.07 Å². The molecule has 2 N–H and O–H groups in total. The molecule has 32 heavy (non-hydrogen) atoms. The summed E-state index contributed by atoms with van der Waals surface area (Å²) in [5.41, 5.74) is 3.52. The Morgan fingerprint density at radius 2 is 2.16 bits per heavy atom. The fourth-order valence-electron chi connectivity index (χ4n) is 6.76. The maximum atomic E-state index is 13.0. The quantitative estimate of drug-likeness (QED) is 0.514. The largest absolute Gasteiger partial charge is 0.327 e. The second kappa shape index (κ2) is 5.94. The number of anilines is 2. The lowest BCUT2D eigenvalue weighted by atomic mass is 9.69. The number of nitriles is 1. The number of nitrogens with one attached hydrogen (secondary N) is 2. The summed E-state index contributed by atoms with van der Waals surface area (Å²) in [4.78, 5) is 29.3. The van der Waals surface area contributed by atoms with Crippen molar-refractivity contribution in [3.05, 3.63) is 40.8 Å². The molecule has 0 amide bonds. The summed E-state index contributed by atoms with van der Waals surface area (Å²) in [6, 6.07) is 4.64. The van der Waals surface area contributed by atoms with Gasteiger partial charge in [-0.3, -0.25) is 4.57 Å². The highest BCUT2D eigenvalue weighted by atomic mass is 16.1. The van der Waals surface area contributed by atoms with Crippen LogP contribution >= 0.6 is 0 Å². The summed E-state index contributed by atoms with van der Waals surface area (Å²) in [6.07, 6.45) is 8.88. The van der Waals surface area contributed by atoms with Gasteiger partial charge in [0.25, 0.3) is 0 Å². The Bertz CT molecular complexity index is 1500. The maximum absolute atomic E-state index is 13.0. The molecule has 4 aliphatic carbocycles. The van der Waals surface area contributed by atoms with Gasteiger partial charge >= 0.3 is 5.69 Å². The fraction of sp³-hybridized carbons (Fsp3) is 0.455. The minimum Gasteiger partial charge on any atom is -0.323 e. The summed E-state index contributed by atoms with van der Waals surface area (Å²) >= 11 is 0. The van der Waals surface area contributed by atoms with Crippen molar-refractivity contribution in [2.45, 2.75) is 38.6 Å². The third kappa shape index (κ3) is 2.30. The Morgan fingerprint density at radius 1 is 1.28 bits per heavy atom. The predicted molar refractivity (Wildman–Crippen MR) is 115 cm³/mol. The Morgan fingerprint density at radius 3 is 3.00 bits per heavy atom. The number of rotatable bonds is 3. The van der Waals surface area contributed by atoms with Crippen LogP contribution in [0.15, 0.2) is 29.6 Å². The second-order valence-electron chi connectivity index (χ2n) is 9.70. The van der Waals surface area contributed by atoms with Crippen molar-refractivity contribution in [2.24, 2.45) is 23.2 Å². The van der Waals surface area contributed by atoms with Crippen molar-refractivity contribution < 1.29 is 0 Å². The molecule has 10 nitrogen and oxygen atoms in total. The highest BCUT2D eigenvalue weighted by Gasteiger charge is 2.61. The molecule has 0 radical (unpaired) electrons. The molecule has 0 saturated heterocycles. The molecule has 4 fully saturated rings. The zero-order valence-corrected chi connectivity index (χ0v) is 17.5. The average molecular weight is 427 g/mol. The minimum atomic E-state index is -0.177. The lowest BCUT2D eigenvalue weighted by molar-refractivity contribution is 0.152. The minimum absolute atomic E-state index is 0.0983. The van der Waals surface area contributed by atoms with Crippen molar-refractivity contribution in [1.29, 1.82) is 5.26 Å². The molecule has 0 aliphatic heterocycles. The topological polar surface area (TPSA) is 130 Å². The van der Waals surface area contributed by atoms with E-state index in [1.807, 2.05) is 23.8 Å². The molecule has 5 atom stereocenters. The van der Waals surface area contributed by atoms with Crippen LogP contribution in [-0.4, -0.2) is 34.1 Å². The molecule has 4 saturated carbocycles. The van der Waals surface area contributed by atoms with Gasteiger partial charge < -0.3 is 10.3 Å². The van der Waals surface area contributed by atoms with Gasteiger partial charge in [-0.2, -0.15) is 15.3 Å². The highest BCUT2D eigenvalue weighted by molar-refractivity contribution is 5.72. The molecular weight excluding hydrogens is 406 g/mol. The molecule has 4 aromatic rings. The Hall–Kier alpha value is -3.74. The molecule has 10 heteroatoms. The van der Waals surface area contributed by atoms with Gasteiger partial charge in [-0.25, -0.2) is 19.3 Å². The van der Waals surface area contributed by atoms with Crippen LogP contribution in [0, 0.1) is 41.4 Å². The molecular formula is C22H21N9O. The summed E-state index contributed by atoms with van der Waals surface area (Å²) in [5, 5.41) is 17.2. The van der Waals surface area contributed by atoms with Gasteiger partial charge in [0.1, 0.15) is 11.8 Å². The van der Waals surface area contributed by atoms with E-state index >= 15 is 0 Å².